The number of hydrogen-bond acceptors (Lipinski definition) is 4. The van der Waals surface area contributed by atoms with Crippen molar-refractivity contribution in [1.82, 2.24) is 9.21 Å². The Morgan fingerprint density at radius 1 is 1.14 bits per heavy atom. The van der Waals surface area contributed by atoms with Gasteiger partial charge in [-0.25, -0.2) is 8.42 Å². The largest absolute Gasteiger partial charge is 0.496 e. The second-order valence-corrected chi connectivity index (χ2v) is 9.67. The van der Waals surface area contributed by atoms with Crippen LogP contribution in [0.15, 0.2) is 41.3 Å². The van der Waals surface area contributed by atoms with E-state index in [4.69, 9.17) is 4.74 Å². The molecule has 1 aliphatic heterocycles. The number of hydrogen-bond donors (Lipinski definition) is 0. The molecule has 5 nitrogen and oxygen atoms in total. The molecule has 1 saturated heterocycles. The highest BCUT2D eigenvalue weighted by Gasteiger charge is 2.36. The minimum Gasteiger partial charge on any atom is -0.496 e. The van der Waals surface area contributed by atoms with Gasteiger partial charge >= 0.3 is 0 Å². The molecule has 1 atom stereocenters. The predicted octanol–water partition coefficient (Wildman–Crippen LogP) is 3.91. The molecule has 1 aliphatic rings. The highest BCUT2D eigenvalue weighted by atomic mass is 32.2. The van der Waals surface area contributed by atoms with Gasteiger partial charge in [0.15, 0.2) is 0 Å². The minimum absolute atomic E-state index is 0.00470. The zero-order valence-electron chi connectivity index (χ0n) is 18.1. The summed E-state index contributed by atoms with van der Waals surface area (Å²) in [5.74, 6) is 0.733. The molecule has 3 rings (SSSR count). The molecule has 0 amide bonds. The van der Waals surface area contributed by atoms with Crippen molar-refractivity contribution in [3.05, 3.63) is 58.7 Å². The summed E-state index contributed by atoms with van der Waals surface area (Å²) < 4.78 is 34.5. The summed E-state index contributed by atoms with van der Waals surface area (Å²) in [5, 5.41) is 0. The predicted molar refractivity (Wildman–Crippen MR) is 117 cm³/mol. The lowest BCUT2D eigenvalue weighted by molar-refractivity contribution is 0.285. The van der Waals surface area contributed by atoms with Crippen molar-refractivity contribution in [1.29, 1.82) is 0 Å². The maximum atomic E-state index is 13.7. The first-order chi connectivity index (χ1) is 13.8. The first-order valence-corrected chi connectivity index (χ1v) is 11.7. The Labute approximate surface area is 175 Å². The Kier molecular flexibility index (Phi) is 6.66. The number of methoxy groups -OCH3 is 1. The smallest absolute Gasteiger partial charge is 0.243 e. The molecular weight excluding hydrogens is 384 g/mol. The molecule has 158 valence electrons. The van der Waals surface area contributed by atoms with Crippen molar-refractivity contribution < 1.29 is 13.2 Å². The fourth-order valence-electron chi connectivity index (χ4n) is 4.40. The molecule has 0 aliphatic carbocycles. The van der Waals surface area contributed by atoms with Crippen LogP contribution < -0.4 is 4.74 Å². The molecule has 1 heterocycles. The lowest BCUT2D eigenvalue weighted by atomic mass is 10.1. The molecular formula is C23H32N2O3S. The van der Waals surface area contributed by atoms with E-state index in [2.05, 4.69) is 17.0 Å². The monoisotopic (exact) mass is 416 g/mol. The van der Waals surface area contributed by atoms with E-state index in [1.807, 2.05) is 52.0 Å². The molecule has 6 heteroatoms. The van der Waals surface area contributed by atoms with E-state index in [0.717, 1.165) is 48.5 Å². The molecule has 0 aromatic heterocycles. The molecule has 0 saturated carbocycles. The van der Waals surface area contributed by atoms with Crippen LogP contribution in [0.1, 0.15) is 35.6 Å². The SMILES string of the molecule is CCN(C1CCN(Cc2ccccc2)C1)S(=O)(=O)c1c(C)cc(OC)c(C)c1C. The van der Waals surface area contributed by atoms with Crippen LogP contribution in [0.4, 0.5) is 0 Å². The van der Waals surface area contributed by atoms with Gasteiger partial charge in [-0.15, -0.1) is 0 Å². The molecule has 0 bridgehead atoms. The fraction of sp³-hybridized carbons (Fsp3) is 0.478. The third kappa shape index (κ3) is 4.34. The van der Waals surface area contributed by atoms with Crippen molar-refractivity contribution in [3.63, 3.8) is 0 Å². The molecule has 1 fully saturated rings. The molecule has 1 unspecified atom stereocenters. The molecule has 2 aromatic rings. The Balaban J connectivity index is 1.85. The van der Waals surface area contributed by atoms with Gasteiger partial charge in [0, 0.05) is 32.2 Å². The van der Waals surface area contributed by atoms with Crippen LogP contribution in [0.2, 0.25) is 0 Å². The van der Waals surface area contributed by atoms with Crippen LogP contribution in [0, 0.1) is 20.8 Å². The second kappa shape index (κ2) is 8.86. The van der Waals surface area contributed by atoms with Gasteiger partial charge in [0.1, 0.15) is 5.75 Å². The maximum Gasteiger partial charge on any atom is 0.243 e. The summed E-state index contributed by atoms with van der Waals surface area (Å²) in [5.41, 5.74) is 3.66. The number of nitrogens with zero attached hydrogens (tertiary/aromatic N) is 2. The molecule has 2 aromatic carbocycles. The normalized spacial score (nSPS) is 17.8. The summed E-state index contributed by atoms with van der Waals surface area (Å²) >= 11 is 0. The van der Waals surface area contributed by atoms with Crippen LogP contribution in [-0.4, -0.2) is 50.4 Å². The van der Waals surface area contributed by atoms with E-state index in [1.54, 1.807) is 11.4 Å². The van der Waals surface area contributed by atoms with Crippen LogP contribution in [-0.2, 0) is 16.6 Å². The van der Waals surface area contributed by atoms with Gasteiger partial charge in [0.05, 0.1) is 12.0 Å². The Bertz CT molecular complexity index is 958. The van der Waals surface area contributed by atoms with Gasteiger partial charge in [-0.05, 0) is 55.5 Å². The zero-order valence-corrected chi connectivity index (χ0v) is 18.9. The van der Waals surface area contributed by atoms with Gasteiger partial charge in [0.25, 0.3) is 0 Å². The second-order valence-electron chi connectivity index (χ2n) is 7.85. The number of sulfonamides is 1. The van der Waals surface area contributed by atoms with Crippen molar-refractivity contribution in [2.75, 3.05) is 26.7 Å². The number of benzene rings is 2. The van der Waals surface area contributed by atoms with Crippen LogP contribution >= 0.6 is 0 Å². The van der Waals surface area contributed by atoms with Crippen LogP contribution in [0.3, 0.4) is 0 Å². The van der Waals surface area contributed by atoms with Gasteiger partial charge < -0.3 is 4.74 Å². The van der Waals surface area contributed by atoms with E-state index < -0.39 is 10.0 Å². The lowest BCUT2D eigenvalue weighted by Gasteiger charge is -2.29. The average Bonchev–Trinajstić information content (AvgIpc) is 3.13. The standard InChI is InChI=1S/C23H32N2O3S/c1-6-25(21-12-13-24(16-21)15-20-10-8-7-9-11-20)29(26,27)23-17(2)14-22(28-5)18(3)19(23)4/h7-11,14,21H,6,12-13,15-16H2,1-5H3. The van der Waals surface area contributed by atoms with E-state index in [1.165, 1.54) is 5.56 Å². The Hall–Kier alpha value is -1.89. The average molecular weight is 417 g/mol. The molecule has 0 radical (unpaired) electrons. The van der Waals surface area contributed by atoms with E-state index in [-0.39, 0.29) is 6.04 Å². The summed E-state index contributed by atoms with van der Waals surface area (Å²) in [7, 11) is -1.97. The van der Waals surface area contributed by atoms with Gasteiger partial charge in [0.2, 0.25) is 10.0 Å². The van der Waals surface area contributed by atoms with E-state index >= 15 is 0 Å². The highest BCUT2D eigenvalue weighted by molar-refractivity contribution is 7.89. The van der Waals surface area contributed by atoms with Crippen molar-refractivity contribution in [3.8, 4) is 5.75 Å². The zero-order chi connectivity index (χ0) is 21.2. The Morgan fingerprint density at radius 2 is 1.83 bits per heavy atom. The molecule has 0 spiro atoms. The third-order valence-electron chi connectivity index (χ3n) is 5.98. The van der Waals surface area contributed by atoms with Crippen LogP contribution in [0.5, 0.6) is 5.75 Å². The third-order valence-corrected chi connectivity index (χ3v) is 8.30. The van der Waals surface area contributed by atoms with E-state index in [9.17, 15) is 8.42 Å². The number of ether oxygens (including phenoxy) is 1. The number of aryl methyl sites for hydroxylation is 1. The first-order valence-electron chi connectivity index (χ1n) is 10.2. The van der Waals surface area contributed by atoms with Gasteiger partial charge in [-0.1, -0.05) is 37.3 Å². The summed E-state index contributed by atoms with van der Waals surface area (Å²) in [6.07, 6.45) is 0.854. The summed E-state index contributed by atoms with van der Waals surface area (Å²) in [4.78, 5) is 2.77. The summed E-state index contributed by atoms with van der Waals surface area (Å²) in [6, 6.07) is 12.2. The topological polar surface area (TPSA) is 49.9 Å². The molecule has 0 N–H and O–H groups in total. The fourth-order valence-corrected chi connectivity index (χ4v) is 6.55. The Morgan fingerprint density at radius 3 is 2.45 bits per heavy atom. The molecule has 29 heavy (non-hydrogen) atoms. The van der Waals surface area contributed by atoms with Gasteiger partial charge in [-0.2, -0.15) is 4.31 Å². The van der Waals surface area contributed by atoms with Crippen molar-refractivity contribution in [2.45, 2.75) is 51.6 Å². The number of likely N-dealkylation sites (N-methyl/N-ethyl adjacent to an activating group) is 1. The number of rotatable bonds is 7. The van der Waals surface area contributed by atoms with Crippen molar-refractivity contribution in [2.24, 2.45) is 0 Å². The summed E-state index contributed by atoms with van der Waals surface area (Å²) in [6.45, 7) is 10.6. The lowest BCUT2D eigenvalue weighted by Crippen LogP contribution is -2.42. The quantitative estimate of drug-likeness (QED) is 0.687. The minimum atomic E-state index is -3.59. The van der Waals surface area contributed by atoms with Crippen LogP contribution in [0.25, 0.3) is 0 Å². The number of likely N-dealkylation sites (tertiary alicyclic amines) is 1. The van der Waals surface area contributed by atoms with Gasteiger partial charge in [-0.3, -0.25) is 4.90 Å². The first kappa shape index (κ1) is 21.8. The highest BCUT2D eigenvalue weighted by Crippen LogP contribution is 2.34. The van der Waals surface area contributed by atoms with E-state index in [0.29, 0.717) is 11.4 Å². The maximum absolute atomic E-state index is 13.7. The van der Waals surface area contributed by atoms with Crippen molar-refractivity contribution >= 4 is 10.0 Å².